The van der Waals surface area contributed by atoms with Gasteiger partial charge < -0.3 is 9.72 Å². The molecule has 7 unspecified atom stereocenters. The Balaban J connectivity index is 1.30. The van der Waals surface area contributed by atoms with Crippen LogP contribution in [-0.2, 0) is 9.59 Å². The Morgan fingerprint density at radius 2 is 1.82 bits per heavy atom. The van der Waals surface area contributed by atoms with Crippen molar-refractivity contribution < 1.29 is 14.3 Å². The highest BCUT2D eigenvalue weighted by molar-refractivity contribution is 8.00. The number of carbonyl (C=O) groups excluding carboxylic acids is 2. The number of thioether (sulfide) groups is 1. The quantitative estimate of drug-likeness (QED) is 0.564. The summed E-state index contributed by atoms with van der Waals surface area (Å²) in [5.74, 6) is 0.309. The van der Waals surface area contributed by atoms with Crippen molar-refractivity contribution in [2.24, 2.45) is 29.6 Å². The van der Waals surface area contributed by atoms with Crippen molar-refractivity contribution in [2.75, 3.05) is 12.0 Å². The number of rotatable bonds is 3. The molecular weight excluding hydrogens is 470 g/mol. The van der Waals surface area contributed by atoms with Gasteiger partial charge >= 0.3 is 4.87 Å². The van der Waals surface area contributed by atoms with Crippen molar-refractivity contribution in [2.45, 2.75) is 22.6 Å². The van der Waals surface area contributed by atoms with E-state index in [2.05, 4.69) is 16.0 Å². The number of pyridine rings is 1. The molecule has 0 spiro atoms. The second-order valence-electron chi connectivity index (χ2n) is 9.46. The number of benzene rings is 1. The number of ether oxygens (including phenoxy) is 1. The molecule has 4 aliphatic rings. The number of imide groups is 1. The number of nitrogens with one attached hydrogen (secondary N) is 1. The Morgan fingerprint density at radius 3 is 2.53 bits per heavy atom. The lowest BCUT2D eigenvalue weighted by molar-refractivity contribution is -0.123. The Bertz CT molecular complexity index is 1370. The number of amides is 2. The minimum Gasteiger partial charge on any atom is -0.497 e. The molecule has 3 aromatic rings. The SMILES string of the molecule is COc1ccc(N2C(=O)C3C4CC(C3C2=O)C2C(c3cccnc3)c3sc(=O)[nH]c3SC42)cc1. The third-order valence-corrected chi connectivity index (χ3v) is 10.7. The topological polar surface area (TPSA) is 92.4 Å². The fraction of sp³-hybridized carbons (Fsp3) is 0.360. The Hall–Kier alpha value is -2.91. The molecule has 1 N–H and O–H groups in total. The first-order valence-corrected chi connectivity index (χ1v) is 13.1. The van der Waals surface area contributed by atoms with Crippen molar-refractivity contribution in [3.8, 4) is 5.75 Å². The van der Waals surface area contributed by atoms with E-state index in [9.17, 15) is 14.4 Å². The lowest BCUT2D eigenvalue weighted by atomic mass is 9.68. The summed E-state index contributed by atoms with van der Waals surface area (Å²) < 4.78 is 5.23. The van der Waals surface area contributed by atoms with Crippen LogP contribution >= 0.6 is 23.1 Å². The van der Waals surface area contributed by atoms with Gasteiger partial charge in [0.15, 0.2) is 0 Å². The molecule has 2 aromatic heterocycles. The normalized spacial score (nSPS) is 33.1. The third-order valence-electron chi connectivity index (χ3n) is 8.10. The van der Waals surface area contributed by atoms with Crippen molar-refractivity contribution in [1.82, 2.24) is 9.97 Å². The van der Waals surface area contributed by atoms with Crippen molar-refractivity contribution >= 4 is 40.6 Å². The summed E-state index contributed by atoms with van der Waals surface area (Å²) in [5, 5.41) is 1.10. The molecule has 4 heterocycles. The second-order valence-corrected chi connectivity index (χ2v) is 11.7. The maximum Gasteiger partial charge on any atom is 0.305 e. The largest absolute Gasteiger partial charge is 0.497 e. The van der Waals surface area contributed by atoms with Gasteiger partial charge in [-0.3, -0.25) is 24.3 Å². The molecule has 2 amide bonds. The predicted octanol–water partition coefficient (Wildman–Crippen LogP) is 3.52. The molecule has 2 aliphatic carbocycles. The van der Waals surface area contributed by atoms with Crippen LogP contribution in [0.2, 0.25) is 0 Å². The van der Waals surface area contributed by atoms with E-state index in [1.807, 2.05) is 12.3 Å². The second kappa shape index (κ2) is 7.29. The number of anilines is 1. The lowest BCUT2D eigenvalue weighted by Crippen LogP contribution is -2.42. The summed E-state index contributed by atoms with van der Waals surface area (Å²) in [4.78, 5) is 49.4. The summed E-state index contributed by atoms with van der Waals surface area (Å²) in [6.07, 6.45) is 4.50. The molecule has 9 heteroatoms. The maximum atomic E-state index is 13.7. The van der Waals surface area contributed by atoms with Gasteiger partial charge in [-0.2, -0.15) is 0 Å². The van der Waals surface area contributed by atoms with Gasteiger partial charge in [0, 0.05) is 28.4 Å². The highest BCUT2D eigenvalue weighted by Gasteiger charge is 2.69. The van der Waals surface area contributed by atoms with E-state index in [0.717, 1.165) is 21.9 Å². The Morgan fingerprint density at radius 1 is 1.06 bits per heavy atom. The zero-order chi connectivity index (χ0) is 23.1. The van der Waals surface area contributed by atoms with E-state index < -0.39 is 0 Å². The van der Waals surface area contributed by atoms with Gasteiger partial charge in [-0.1, -0.05) is 17.4 Å². The van der Waals surface area contributed by atoms with E-state index in [1.54, 1.807) is 49.3 Å². The van der Waals surface area contributed by atoms with E-state index in [1.165, 1.54) is 16.2 Å². The van der Waals surface area contributed by atoms with Crippen LogP contribution in [0.1, 0.15) is 22.8 Å². The highest BCUT2D eigenvalue weighted by atomic mass is 32.2. The molecule has 7 atom stereocenters. The number of H-pyrrole nitrogens is 1. The summed E-state index contributed by atoms with van der Waals surface area (Å²) in [7, 11) is 1.59. The summed E-state index contributed by atoms with van der Waals surface area (Å²) >= 11 is 2.96. The van der Waals surface area contributed by atoms with Gasteiger partial charge in [0.1, 0.15) is 5.75 Å². The van der Waals surface area contributed by atoms with E-state index in [0.29, 0.717) is 11.4 Å². The molecule has 0 radical (unpaired) electrons. The maximum absolute atomic E-state index is 13.7. The molecule has 172 valence electrons. The monoisotopic (exact) mass is 491 g/mol. The Labute approximate surface area is 203 Å². The number of aromatic amines is 1. The fourth-order valence-corrected chi connectivity index (χ4v) is 9.82. The van der Waals surface area contributed by atoms with Crippen LogP contribution < -0.4 is 14.5 Å². The molecule has 7 nitrogen and oxygen atoms in total. The van der Waals surface area contributed by atoms with Crippen LogP contribution in [0.5, 0.6) is 5.75 Å². The van der Waals surface area contributed by atoms with Crippen molar-refractivity contribution in [3.05, 3.63) is 68.9 Å². The standard InChI is InChI=1S/C25H21N3O4S2/c1-32-13-6-4-12(5-7-13)28-23(29)18-14-9-15(19(18)24(28)30)20-17(14)16(11-3-2-8-26-10-11)21-22(33-20)27-25(31)34-21/h2-8,10,14-20H,9H2,1H3,(H,27,31). The van der Waals surface area contributed by atoms with Crippen LogP contribution in [-0.4, -0.2) is 34.1 Å². The number of methoxy groups -OCH3 is 1. The number of aromatic nitrogens is 2. The summed E-state index contributed by atoms with van der Waals surface area (Å²) in [6, 6.07) is 11.1. The summed E-state index contributed by atoms with van der Waals surface area (Å²) in [6.45, 7) is 0. The minimum atomic E-state index is -0.308. The first-order valence-electron chi connectivity index (χ1n) is 11.4. The predicted molar refractivity (Wildman–Crippen MR) is 128 cm³/mol. The number of hydrogen-bond donors (Lipinski definition) is 1. The van der Waals surface area contributed by atoms with E-state index in [-0.39, 0.29) is 57.4 Å². The van der Waals surface area contributed by atoms with Gasteiger partial charge in [-0.05, 0) is 60.1 Å². The molecular formula is C25H21N3O4S2. The molecule has 3 fully saturated rings. The fourth-order valence-electron chi connectivity index (χ4n) is 6.94. The van der Waals surface area contributed by atoms with Gasteiger partial charge in [-0.25, -0.2) is 0 Å². The number of carbonyl (C=O) groups is 2. The van der Waals surface area contributed by atoms with Crippen LogP contribution in [0, 0.1) is 29.6 Å². The van der Waals surface area contributed by atoms with Crippen LogP contribution in [0.3, 0.4) is 0 Å². The van der Waals surface area contributed by atoms with E-state index in [4.69, 9.17) is 4.74 Å². The molecule has 1 aromatic carbocycles. The number of hydrogen-bond acceptors (Lipinski definition) is 7. The number of nitrogens with zero attached hydrogens (tertiary/aromatic N) is 2. The molecule has 34 heavy (non-hydrogen) atoms. The van der Waals surface area contributed by atoms with Gasteiger partial charge in [-0.15, -0.1) is 11.8 Å². The average molecular weight is 492 g/mol. The summed E-state index contributed by atoms with van der Waals surface area (Å²) in [5.41, 5.74) is 1.68. The highest BCUT2D eigenvalue weighted by Crippen LogP contribution is 2.68. The van der Waals surface area contributed by atoms with Crippen LogP contribution in [0.4, 0.5) is 5.69 Å². The van der Waals surface area contributed by atoms with Crippen molar-refractivity contribution in [3.63, 3.8) is 0 Å². The van der Waals surface area contributed by atoms with E-state index >= 15 is 0 Å². The lowest BCUT2D eigenvalue weighted by Gasteiger charge is -2.42. The van der Waals surface area contributed by atoms with Gasteiger partial charge in [0.25, 0.3) is 0 Å². The van der Waals surface area contributed by atoms with Crippen molar-refractivity contribution in [1.29, 1.82) is 0 Å². The zero-order valence-corrected chi connectivity index (χ0v) is 19.8. The number of fused-ring (bicyclic) bond motifs is 9. The third kappa shape index (κ3) is 2.65. The smallest absolute Gasteiger partial charge is 0.305 e. The van der Waals surface area contributed by atoms with Gasteiger partial charge in [0.05, 0.1) is 29.7 Å². The molecule has 2 aliphatic heterocycles. The van der Waals surface area contributed by atoms with Crippen LogP contribution in [0.25, 0.3) is 0 Å². The Kier molecular flexibility index (Phi) is 4.39. The zero-order valence-electron chi connectivity index (χ0n) is 18.2. The molecule has 2 bridgehead atoms. The average Bonchev–Trinajstić information content (AvgIpc) is 3.58. The number of thiazole rings is 1. The molecule has 2 saturated carbocycles. The molecule has 1 saturated heterocycles. The van der Waals surface area contributed by atoms with Gasteiger partial charge in [0.2, 0.25) is 11.8 Å². The van der Waals surface area contributed by atoms with Crippen LogP contribution in [0.15, 0.2) is 58.6 Å². The molecule has 7 rings (SSSR count). The first-order chi connectivity index (χ1) is 16.6. The first kappa shape index (κ1) is 20.5. The minimum absolute atomic E-state index is 0.00721.